The maximum Gasteiger partial charge on any atom is 0.332 e. The molecule has 0 aliphatic rings. The Morgan fingerprint density at radius 2 is 2.38 bits per heavy atom. The lowest BCUT2D eigenvalue weighted by atomic mass is 10.3. The zero-order chi connectivity index (χ0) is 9.42. The molecule has 0 radical (unpaired) electrons. The first-order chi connectivity index (χ1) is 6.27. The maximum absolute atomic E-state index is 10.7. The van der Waals surface area contributed by atoms with Crippen LogP contribution < -0.4 is 0 Å². The number of carbonyl (C=O) groups excluding carboxylic acids is 1. The lowest BCUT2D eigenvalue weighted by Gasteiger charge is -1.91. The molecule has 0 atom stereocenters. The van der Waals surface area contributed by atoms with Gasteiger partial charge in [0.15, 0.2) is 12.1 Å². The Morgan fingerprint density at radius 1 is 1.62 bits per heavy atom. The zero-order valence-electron chi connectivity index (χ0n) is 7.44. The van der Waals surface area contributed by atoms with Crippen molar-refractivity contribution >= 4 is 12.1 Å². The average Bonchev–Trinajstić information content (AvgIpc) is 2.62. The van der Waals surface area contributed by atoms with Gasteiger partial charge in [-0.05, 0) is 6.92 Å². The Kier molecular flexibility index (Phi) is 1.65. The molecule has 5 heteroatoms. The molecule has 0 fully saturated rings. The quantitative estimate of drug-likeness (QED) is 0.645. The molecule has 0 saturated carbocycles. The van der Waals surface area contributed by atoms with Gasteiger partial charge in [-0.15, -0.1) is 0 Å². The minimum absolute atomic E-state index is 0.386. The van der Waals surface area contributed by atoms with Crippen molar-refractivity contribution in [3.8, 4) is 0 Å². The van der Waals surface area contributed by atoms with E-state index in [-0.39, 0.29) is 0 Å². The van der Waals surface area contributed by atoms with Crippen LogP contribution in [0.4, 0.5) is 0 Å². The molecule has 0 aliphatic heterocycles. The highest BCUT2D eigenvalue weighted by molar-refractivity contribution is 5.75. The molecule has 0 aromatic carbocycles. The van der Waals surface area contributed by atoms with Gasteiger partial charge in [-0.2, -0.15) is 4.98 Å². The van der Waals surface area contributed by atoms with E-state index in [2.05, 4.69) is 10.1 Å². The molecule has 0 unspecified atom stereocenters. The SMILES string of the molecule is CCc1noc2nc(C)c(C=O)n12. The maximum atomic E-state index is 10.7. The highest BCUT2D eigenvalue weighted by atomic mass is 16.5. The van der Waals surface area contributed by atoms with Crippen LogP contribution in [0.1, 0.15) is 28.9 Å². The highest BCUT2D eigenvalue weighted by Gasteiger charge is 2.14. The fourth-order valence-electron chi connectivity index (χ4n) is 1.32. The third-order valence-corrected chi connectivity index (χ3v) is 1.98. The number of hydrogen-bond donors (Lipinski definition) is 0. The van der Waals surface area contributed by atoms with E-state index >= 15 is 0 Å². The van der Waals surface area contributed by atoms with E-state index in [1.165, 1.54) is 0 Å². The van der Waals surface area contributed by atoms with Crippen LogP contribution in [0.3, 0.4) is 0 Å². The van der Waals surface area contributed by atoms with Gasteiger partial charge in [0, 0.05) is 6.42 Å². The minimum atomic E-state index is 0.386. The number of hydrogen-bond acceptors (Lipinski definition) is 4. The van der Waals surface area contributed by atoms with E-state index in [4.69, 9.17) is 4.52 Å². The second kappa shape index (κ2) is 2.69. The minimum Gasteiger partial charge on any atom is -0.315 e. The number of nitrogens with zero attached hydrogens (tertiary/aromatic N) is 3. The van der Waals surface area contributed by atoms with Crippen LogP contribution in [0.15, 0.2) is 4.52 Å². The lowest BCUT2D eigenvalue weighted by Crippen LogP contribution is -1.96. The van der Waals surface area contributed by atoms with Crippen LogP contribution in [0.5, 0.6) is 0 Å². The molecule has 2 aromatic rings. The summed E-state index contributed by atoms with van der Waals surface area (Å²) in [5.74, 6) is 1.11. The Bertz CT molecular complexity index is 455. The molecule has 2 heterocycles. The summed E-state index contributed by atoms with van der Waals surface area (Å²) < 4.78 is 6.59. The van der Waals surface area contributed by atoms with Crippen LogP contribution in [0, 0.1) is 6.92 Å². The van der Waals surface area contributed by atoms with Crippen molar-refractivity contribution < 1.29 is 9.32 Å². The molecule has 68 valence electrons. The van der Waals surface area contributed by atoms with Gasteiger partial charge in [0.25, 0.3) is 0 Å². The van der Waals surface area contributed by atoms with Crippen molar-refractivity contribution in [1.29, 1.82) is 0 Å². The molecule has 0 spiro atoms. The predicted molar refractivity (Wildman–Crippen MR) is 44.8 cm³/mol. The van der Waals surface area contributed by atoms with Crippen molar-refractivity contribution in [2.75, 3.05) is 0 Å². The highest BCUT2D eigenvalue weighted by Crippen LogP contribution is 2.12. The van der Waals surface area contributed by atoms with Crippen LogP contribution >= 0.6 is 0 Å². The number of aldehydes is 1. The molecule has 2 rings (SSSR count). The monoisotopic (exact) mass is 179 g/mol. The zero-order valence-corrected chi connectivity index (χ0v) is 7.44. The Hall–Kier alpha value is -1.65. The fraction of sp³-hybridized carbons (Fsp3) is 0.375. The second-order valence-electron chi connectivity index (χ2n) is 2.77. The summed E-state index contributed by atoms with van der Waals surface area (Å²) in [7, 11) is 0. The Morgan fingerprint density at radius 3 is 3.00 bits per heavy atom. The van der Waals surface area contributed by atoms with Crippen LogP contribution in [-0.2, 0) is 6.42 Å². The molecule has 0 N–H and O–H groups in total. The standard InChI is InChI=1S/C8H9N3O2/c1-3-7-10-13-8-9-5(2)6(4-12)11(7)8/h4H,3H2,1-2H3. The number of rotatable bonds is 2. The summed E-state index contributed by atoms with van der Waals surface area (Å²) in [5.41, 5.74) is 1.19. The third-order valence-electron chi connectivity index (χ3n) is 1.98. The van der Waals surface area contributed by atoms with Crippen LogP contribution in [-0.4, -0.2) is 20.8 Å². The molecular weight excluding hydrogens is 170 g/mol. The van der Waals surface area contributed by atoms with Gasteiger partial charge in [0.05, 0.1) is 5.69 Å². The van der Waals surface area contributed by atoms with Gasteiger partial charge in [-0.25, -0.2) is 4.40 Å². The first-order valence-corrected chi connectivity index (χ1v) is 4.06. The lowest BCUT2D eigenvalue weighted by molar-refractivity contribution is 0.111. The third kappa shape index (κ3) is 0.965. The smallest absolute Gasteiger partial charge is 0.315 e. The first kappa shape index (κ1) is 7.97. The molecule has 13 heavy (non-hydrogen) atoms. The molecule has 0 amide bonds. The number of fused-ring (bicyclic) bond motifs is 1. The average molecular weight is 179 g/mol. The molecular formula is C8H9N3O2. The van der Waals surface area contributed by atoms with Crippen molar-refractivity contribution in [2.45, 2.75) is 20.3 Å². The van der Waals surface area contributed by atoms with Crippen molar-refractivity contribution in [3.05, 3.63) is 17.2 Å². The molecule has 5 nitrogen and oxygen atoms in total. The summed E-state index contributed by atoms with van der Waals surface area (Å²) in [6.45, 7) is 3.72. The van der Waals surface area contributed by atoms with E-state index in [1.807, 2.05) is 6.92 Å². The molecule has 0 saturated heterocycles. The van der Waals surface area contributed by atoms with E-state index in [1.54, 1.807) is 11.3 Å². The Balaban J connectivity index is 2.83. The Labute approximate surface area is 74.4 Å². The van der Waals surface area contributed by atoms with Crippen molar-refractivity contribution in [1.82, 2.24) is 14.5 Å². The second-order valence-corrected chi connectivity index (χ2v) is 2.77. The summed E-state index contributed by atoms with van der Waals surface area (Å²) in [6.07, 6.45) is 1.48. The topological polar surface area (TPSA) is 60.4 Å². The summed E-state index contributed by atoms with van der Waals surface area (Å²) >= 11 is 0. The van der Waals surface area contributed by atoms with Gasteiger partial charge in [-0.1, -0.05) is 12.1 Å². The van der Waals surface area contributed by atoms with Crippen LogP contribution in [0.2, 0.25) is 0 Å². The van der Waals surface area contributed by atoms with Gasteiger partial charge in [-0.3, -0.25) is 4.79 Å². The first-order valence-electron chi connectivity index (χ1n) is 4.06. The van der Waals surface area contributed by atoms with Crippen LogP contribution in [0.25, 0.3) is 5.84 Å². The molecule has 2 aromatic heterocycles. The summed E-state index contributed by atoms with van der Waals surface area (Å²) in [6, 6.07) is 0. The normalized spacial score (nSPS) is 10.9. The van der Waals surface area contributed by atoms with E-state index < -0.39 is 0 Å². The van der Waals surface area contributed by atoms with Crippen molar-refractivity contribution in [2.24, 2.45) is 0 Å². The van der Waals surface area contributed by atoms with Gasteiger partial charge >= 0.3 is 5.84 Å². The van der Waals surface area contributed by atoms with E-state index in [0.717, 1.165) is 12.1 Å². The predicted octanol–water partition coefficient (Wildman–Crippen LogP) is 1.01. The number of aromatic nitrogens is 3. The van der Waals surface area contributed by atoms with Gasteiger partial charge < -0.3 is 4.52 Å². The van der Waals surface area contributed by atoms with Gasteiger partial charge in [0.2, 0.25) is 0 Å². The van der Waals surface area contributed by atoms with E-state index in [9.17, 15) is 4.79 Å². The molecule has 0 bridgehead atoms. The van der Waals surface area contributed by atoms with Gasteiger partial charge in [0.1, 0.15) is 5.69 Å². The number of carbonyl (C=O) groups is 1. The summed E-state index contributed by atoms with van der Waals surface area (Å²) in [4.78, 5) is 14.8. The van der Waals surface area contributed by atoms with Crippen molar-refractivity contribution in [3.63, 3.8) is 0 Å². The number of imidazole rings is 1. The van der Waals surface area contributed by atoms with E-state index in [0.29, 0.717) is 23.7 Å². The summed E-state index contributed by atoms with van der Waals surface area (Å²) in [5, 5.41) is 3.79. The number of aryl methyl sites for hydroxylation is 2. The largest absolute Gasteiger partial charge is 0.332 e. The molecule has 0 aliphatic carbocycles. The fourth-order valence-corrected chi connectivity index (χ4v) is 1.32.